The molecule has 0 heterocycles. The minimum absolute atomic E-state index is 1.07. The average Bonchev–Trinajstić information content (AvgIpc) is 2.14. The first kappa shape index (κ1) is 22.5. The fourth-order valence-corrected chi connectivity index (χ4v) is 0. The highest BCUT2D eigenvalue weighted by Crippen LogP contribution is 1.34. The molecule has 0 aromatic rings. The van der Waals surface area contributed by atoms with Crippen LogP contribution in [0.1, 0.15) is 34.6 Å². The summed E-state index contributed by atoms with van der Waals surface area (Å²) in [5.41, 5.74) is 0. The molecule has 0 unspecified atom stereocenters. The summed E-state index contributed by atoms with van der Waals surface area (Å²) < 4.78 is 0. The van der Waals surface area contributed by atoms with Crippen LogP contribution >= 0.6 is 0 Å². The van der Waals surface area contributed by atoms with Gasteiger partial charge in [0.1, 0.15) is 0 Å². The zero-order valence-electron chi connectivity index (χ0n) is 8.10. The quantitative estimate of drug-likeness (QED) is 0.400. The van der Waals surface area contributed by atoms with Crippen molar-refractivity contribution in [2.24, 2.45) is 0 Å². The lowest BCUT2D eigenvalue weighted by molar-refractivity contribution is -0.176. The number of hydrogen-bond acceptors (Lipinski definition) is 3. The van der Waals surface area contributed by atoms with Crippen molar-refractivity contribution in [3.63, 3.8) is 0 Å². The SMILES string of the molecule is CC.CC.CCNC.OO. The summed E-state index contributed by atoms with van der Waals surface area (Å²) in [6, 6.07) is 0. The second-order valence-electron chi connectivity index (χ2n) is 0.707. The predicted molar refractivity (Wildman–Crippen MR) is 47.6 cm³/mol. The Hall–Kier alpha value is -0.120. The molecule has 68 valence electrons. The predicted octanol–water partition coefficient (Wildman–Crippen LogP) is 2.30. The largest absolute Gasteiger partial charge is 0.320 e. The van der Waals surface area contributed by atoms with E-state index in [9.17, 15) is 0 Å². The standard InChI is InChI=1S/C3H9N.2C2H6.H2O2/c1-3-4-2;3*1-2/h4H,3H2,1-2H3;2*1-2H3;1-2H. The van der Waals surface area contributed by atoms with Gasteiger partial charge in [-0.2, -0.15) is 0 Å². The molecule has 0 aliphatic carbocycles. The van der Waals surface area contributed by atoms with E-state index >= 15 is 0 Å². The molecule has 0 aromatic heterocycles. The third-order valence-electron chi connectivity index (χ3n) is 0.354. The monoisotopic (exact) mass is 153 g/mol. The normalized spacial score (nSPS) is 4.80. The third-order valence-corrected chi connectivity index (χ3v) is 0.354. The zero-order valence-corrected chi connectivity index (χ0v) is 8.10. The molecule has 0 amide bonds. The van der Waals surface area contributed by atoms with E-state index in [1.54, 1.807) is 0 Å². The maximum absolute atomic E-state index is 6.00. The van der Waals surface area contributed by atoms with Crippen LogP contribution in [-0.4, -0.2) is 24.1 Å². The van der Waals surface area contributed by atoms with E-state index in [0.717, 1.165) is 6.54 Å². The van der Waals surface area contributed by atoms with Crippen LogP contribution in [-0.2, 0) is 0 Å². The van der Waals surface area contributed by atoms with Crippen LogP contribution in [0, 0.1) is 0 Å². The lowest BCUT2D eigenvalue weighted by Crippen LogP contribution is -2.01. The molecule has 3 N–H and O–H groups in total. The number of rotatable bonds is 1. The van der Waals surface area contributed by atoms with Crippen LogP contribution in [0.3, 0.4) is 0 Å². The molecule has 3 nitrogen and oxygen atoms in total. The van der Waals surface area contributed by atoms with Crippen LogP contribution in [0.25, 0.3) is 0 Å². The van der Waals surface area contributed by atoms with Crippen molar-refractivity contribution < 1.29 is 10.5 Å². The molecule has 0 bridgehead atoms. The Kier molecular flexibility index (Phi) is 352. The van der Waals surface area contributed by atoms with Gasteiger partial charge < -0.3 is 5.32 Å². The van der Waals surface area contributed by atoms with Crippen molar-refractivity contribution in [1.29, 1.82) is 0 Å². The zero-order chi connectivity index (χ0) is 9.41. The molecule has 0 saturated heterocycles. The molecule has 0 spiro atoms. The Morgan fingerprint density at radius 3 is 1.10 bits per heavy atom. The molecular formula is C7H23NO2. The third kappa shape index (κ3) is 482. The van der Waals surface area contributed by atoms with Crippen molar-refractivity contribution in [2.75, 3.05) is 13.6 Å². The lowest BCUT2D eigenvalue weighted by atomic mass is 10.8. The Labute approximate surface area is 65.0 Å². The van der Waals surface area contributed by atoms with E-state index in [1.165, 1.54) is 0 Å². The van der Waals surface area contributed by atoms with Gasteiger partial charge in [-0.05, 0) is 13.6 Å². The summed E-state index contributed by atoms with van der Waals surface area (Å²) in [6.45, 7) is 11.1. The van der Waals surface area contributed by atoms with Gasteiger partial charge in [-0.3, -0.25) is 10.5 Å². The van der Waals surface area contributed by atoms with Crippen LogP contribution < -0.4 is 5.32 Å². The maximum Gasteiger partial charge on any atom is -0.00804 e. The molecular weight excluding hydrogens is 130 g/mol. The van der Waals surface area contributed by atoms with Crippen molar-refractivity contribution in [3.05, 3.63) is 0 Å². The highest BCUT2D eigenvalue weighted by molar-refractivity contribution is 4.15. The molecule has 0 atom stereocenters. The summed E-state index contributed by atoms with van der Waals surface area (Å²) >= 11 is 0. The lowest BCUT2D eigenvalue weighted by Gasteiger charge is -1.76. The van der Waals surface area contributed by atoms with Crippen molar-refractivity contribution in [1.82, 2.24) is 5.32 Å². The van der Waals surface area contributed by atoms with Gasteiger partial charge in [-0.15, -0.1) is 0 Å². The maximum atomic E-state index is 6.00. The molecule has 0 fully saturated rings. The van der Waals surface area contributed by atoms with Gasteiger partial charge in [0.15, 0.2) is 0 Å². The summed E-state index contributed by atoms with van der Waals surface area (Å²) in [7, 11) is 1.93. The Bertz CT molecular complexity index is 13.6. The fourth-order valence-electron chi connectivity index (χ4n) is 0. The van der Waals surface area contributed by atoms with Gasteiger partial charge in [0.2, 0.25) is 0 Å². The molecule has 0 radical (unpaired) electrons. The Balaban J connectivity index is -0.0000000262. The van der Waals surface area contributed by atoms with Crippen molar-refractivity contribution in [3.8, 4) is 0 Å². The Morgan fingerprint density at radius 1 is 1.00 bits per heavy atom. The van der Waals surface area contributed by atoms with E-state index < -0.39 is 0 Å². The number of nitrogens with one attached hydrogen (secondary N) is 1. The second kappa shape index (κ2) is 156. The van der Waals surface area contributed by atoms with Gasteiger partial charge >= 0.3 is 0 Å². The number of hydrogen-bond donors (Lipinski definition) is 3. The summed E-state index contributed by atoms with van der Waals surface area (Å²) in [6.07, 6.45) is 0. The van der Waals surface area contributed by atoms with E-state index in [0.29, 0.717) is 0 Å². The van der Waals surface area contributed by atoms with E-state index in [1.807, 2.05) is 34.7 Å². The highest BCUT2D eigenvalue weighted by atomic mass is 17.0. The smallest absolute Gasteiger partial charge is 0.00804 e. The Morgan fingerprint density at radius 2 is 1.10 bits per heavy atom. The van der Waals surface area contributed by atoms with Crippen LogP contribution in [0.2, 0.25) is 0 Å². The molecule has 10 heavy (non-hydrogen) atoms. The molecule has 3 heteroatoms. The highest BCUT2D eigenvalue weighted by Gasteiger charge is 1.50. The topological polar surface area (TPSA) is 52.5 Å². The minimum Gasteiger partial charge on any atom is -0.320 e. The van der Waals surface area contributed by atoms with Gasteiger partial charge in [-0.1, -0.05) is 34.6 Å². The molecule has 0 aromatic carbocycles. The van der Waals surface area contributed by atoms with Crippen LogP contribution in [0.5, 0.6) is 0 Å². The summed E-state index contributed by atoms with van der Waals surface area (Å²) in [5, 5.41) is 14.9. The fraction of sp³-hybridized carbons (Fsp3) is 1.00. The minimum atomic E-state index is 1.07. The van der Waals surface area contributed by atoms with E-state index in [2.05, 4.69) is 12.2 Å². The van der Waals surface area contributed by atoms with Gasteiger partial charge in [-0.25, -0.2) is 0 Å². The first-order valence-corrected chi connectivity index (χ1v) is 3.76. The van der Waals surface area contributed by atoms with Gasteiger partial charge in [0.05, 0.1) is 0 Å². The van der Waals surface area contributed by atoms with Crippen molar-refractivity contribution >= 4 is 0 Å². The molecule has 0 rings (SSSR count). The van der Waals surface area contributed by atoms with Gasteiger partial charge in [0.25, 0.3) is 0 Å². The van der Waals surface area contributed by atoms with Crippen molar-refractivity contribution in [2.45, 2.75) is 34.6 Å². The second-order valence-corrected chi connectivity index (χ2v) is 0.707. The first-order valence-electron chi connectivity index (χ1n) is 3.76. The summed E-state index contributed by atoms with van der Waals surface area (Å²) in [5.74, 6) is 0. The first-order chi connectivity index (χ1) is 4.91. The van der Waals surface area contributed by atoms with Crippen LogP contribution in [0.4, 0.5) is 0 Å². The molecule has 0 saturated carbocycles. The van der Waals surface area contributed by atoms with E-state index in [-0.39, 0.29) is 0 Å². The van der Waals surface area contributed by atoms with E-state index in [4.69, 9.17) is 10.5 Å². The van der Waals surface area contributed by atoms with Gasteiger partial charge in [0, 0.05) is 0 Å². The molecule has 0 aliphatic heterocycles. The molecule has 0 aliphatic rings. The summed E-state index contributed by atoms with van der Waals surface area (Å²) in [4.78, 5) is 0. The average molecular weight is 153 g/mol. The van der Waals surface area contributed by atoms with Crippen LogP contribution in [0.15, 0.2) is 0 Å².